The molecule has 0 aliphatic heterocycles. The summed E-state index contributed by atoms with van der Waals surface area (Å²) in [7, 11) is 0. The molecule has 11 heavy (non-hydrogen) atoms. The Balaban J connectivity index is 3.46. The summed E-state index contributed by atoms with van der Waals surface area (Å²) in [6.07, 6.45) is 1.77. The van der Waals surface area contributed by atoms with Gasteiger partial charge in [0.05, 0.1) is 0 Å². The molecular weight excluding hydrogens is 176 g/mol. The van der Waals surface area contributed by atoms with Crippen LogP contribution in [0.2, 0.25) is 0 Å². The maximum atomic E-state index is 7.41. The summed E-state index contributed by atoms with van der Waals surface area (Å²) in [6.45, 7) is 0. The monoisotopic (exact) mass is 188 g/mol. The zero-order valence-corrected chi connectivity index (χ0v) is 7.88. The third kappa shape index (κ3) is 6.50. The van der Waals surface area contributed by atoms with Crippen molar-refractivity contribution in [3.05, 3.63) is 0 Å². The van der Waals surface area contributed by atoms with E-state index < -0.39 is 0 Å². The van der Waals surface area contributed by atoms with Crippen molar-refractivity contribution in [3.8, 4) is 0 Å². The van der Waals surface area contributed by atoms with Gasteiger partial charge in [-0.25, -0.2) is 0 Å². The van der Waals surface area contributed by atoms with Crippen molar-refractivity contribution in [1.82, 2.24) is 11.5 Å². The van der Waals surface area contributed by atoms with Gasteiger partial charge in [-0.2, -0.15) is 0 Å². The van der Waals surface area contributed by atoms with Gasteiger partial charge >= 0.3 is 0 Å². The minimum absolute atomic E-state index is 0.218. The summed E-state index contributed by atoms with van der Waals surface area (Å²) in [5, 5.41) is 3.11. The summed E-state index contributed by atoms with van der Waals surface area (Å²) in [6, 6.07) is -0.435. The molecule has 0 aliphatic carbocycles. The van der Waals surface area contributed by atoms with E-state index in [1.54, 1.807) is 10.7 Å². The minimum Gasteiger partial charge on any atom is -0.254 e. The fraction of sp³-hybridized carbons (Fsp3) is 0.714. The van der Waals surface area contributed by atoms with Crippen LogP contribution in [-0.4, -0.2) is 22.8 Å². The first kappa shape index (κ1) is 11.1. The Hall–Kier alpha value is 0.100. The van der Waals surface area contributed by atoms with Crippen LogP contribution in [0.1, 0.15) is 19.3 Å². The van der Waals surface area contributed by atoms with E-state index in [1.807, 2.05) is 0 Å². The topological polar surface area (TPSA) is 47.6 Å². The molecule has 0 heterocycles. The van der Waals surface area contributed by atoms with Crippen molar-refractivity contribution in [2.45, 2.75) is 31.3 Å². The smallest absolute Gasteiger partial charge is 0.0271 e. The quantitative estimate of drug-likeness (QED) is 0.592. The van der Waals surface area contributed by atoms with Crippen molar-refractivity contribution in [3.63, 3.8) is 0 Å². The molecule has 2 unspecified atom stereocenters. The lowest BCUT2D eigenvalue weighted by Gasteiger charge is -2.11. The zero-order valence-electron chi connectivity index (χ0n) is 6.25. The Kier molecular flexibility index (Phi) is 6.85. The number of hydrogen-bond acceptors (Lipinski definition) is 2. The molecular formula is C7H12N2S2. The molecule has 0 aromatic carbocycles. The van der Waals surface area contributed by atoms with Gasteiger partial charge in [0.15, 0.2) is 0 Å². The van der Waals surface area contributed by atoms with Crippen molar-refractivity contribution in [2.75, 3.05) is 0 Å². The summed E-state index contributed by atoms with van der Waals surface area (Å²) >= 11 is 9.22. The lowest BCUT2D eigenvalue weighted by atomic mass is 10.0. The molecule has 0 bridgehead atoms. The predicted octanol–water partition coefficient (Wildman–Crippen LogP) is 1.46. The van der Waals surface area contributed by atoms with E-state index in [0.29, 0.717) is 19.3 Å². The van der Waals surface area contributed by atoms with Gasteiger partial charge in [-0.3, -0.25) is 11.5 Å². The van der Waals surface area contributed by atoms with Gasteiger partial charge < -0.3 is 0 Å². The molecule has 0 amide bonds. The van der Waals surface area contributed by atoms with E-state index in [9.17, 15) is 0 Å². The highest BCUT2D eigenvalue weighted by Crippen LogP contribution is 2.02. The Morgan fingerprint density at radius 3 is 1.64 bits per heavy atom. The molecule has 0 aromatic heterocycles. The van der Waals surface area contributed by atoms with Crippen molar-refractivity contribution in [1.29, 1.82) is 0 Å². The fourth-order valence-corrected chi connectivity index (χ4v) is 1.23. The minimum atomic E-state index is -0.218. The SMILES string of the molecule is [NH]C(CC=S)CC([NH])CC=S. The molecule has 2 atom stereocenters. The first-order valence-corrected chi connectivity index (χ1v) is 4.44. The number of rotatable bonds is 6. The number of hydrogen-bond donors (Lipinski definition) is 0. The largest absolute Gasteiger partial charge is 0.254 e. The summed E-state index contributed by atoms with van der Waals surface area (Å²) in [4.78, 5) is 0. The lowest BCUT2D eigenvalue weighted by Crippen LogP contribution is -2.20. The summed E-state index contributed by atoms with van der Waals surface area (Å²) in [5.74, 6) is 0. The summed E-state index contributed by atoms with van der Waals surface area (Å²) in [5.41, 5.74) is 14.8. The van der Waals surface area contributed by atoms with E-state index in [0.717, 1.165) is 0 Å². The van der Waals surface area contributed by atoms with Crippen LogP contribution in [0, 0.1) is 0 Å². The van der Waals surface area contributed by atoms with Crippen LogP contribution in [0.15, 0.2) is 0 Å². The molecule has 2 N–H and O–H groups in total. The molecule has 0 saturated heterocycles. The van der Waals surface area contributed by atoms with Crippen LogP contribution < -0.4 is 11.5 Å². The highest BCUT2D eigenvalue weighted by Gasteiger charge is 2.07. The van der Waals surface area contributed by atoms with Gasteiger partial charge in [0.25, 0.3) is 0 Å². The molecule has 0 fully saturated rings. The molecule has 0 saturated carbocycles. The average molecular weight is 188 g/mol. The van der Waals surface area contributed by atoms with Crippen LogP contribution in [0.25, 0.3) is 0 Å². The van der Waals surface area contributed by atoms with Crippen LogP contribution in [0.5, 0.6) is 0 Å². The van der Waals surface area contributed by atoms with E-state index in [1.165, 1.54) is 0 Å². The Morgan fingerprint density at radius 1 is 1.00 bits per heavy atom. The maximum Gasteiger partial charge on any atom is 0.0271 e. The second kappa shape index (κ2) is 6.79. The third-order valence-corrected chi connectivity index (χ3v) is 1.72. The first-order chi connectivity index (χ1) is 5.20. The molecule has 2 nitrogen and oxygen atoms in total. The highest BCUT2D eigenvalue weighted by molar-refractivity contribution is 7.79. The Morgan fingerprint density at radius 2 is 1.36 bits per heavy atom. The highest BCUT2D eigenvalue weighted by atomic mass is 32.1. The first-order valence-electron chi connectivity index (χ1n) is 3.50. The van der Waals surface area contributed by atoms with Gasteiger partial charge in [-0.05, 0) is 30.0 Å². The van der Waals surface area contributed by atoms with Crippen LogP contribution >= 0.6 is 24.4 Å². The molecule has 2 radical (unpaired) electrons. The molecule has 0 spiro atoms. The number of thiocarbonyl (C=S) groups is 2. The zero-order chi connectivity index (χ0) is 8.69. The number of nitrogens with one attached hydrogen (secondary N) is 2. The lowest BCUT2D eigenvalue weighted by molar-refractivity contribution is 0.527. The van der Waals surface area contributed by atoms with E-state index in [4.69, 9.17) is 11.5 Å². The van der Waals surface area contributed by atoms with Crippen LogP contribution in [-0.2, 0) is 0 Å². The molecule has 62 valence electrons. The van der Waals surface area contributed by atoms with Gasteiger partial charge in [0.1, 0.15) is 0 Å². The van der Waals surface area contributed by atoms with Crippen molar-refractivity contribution < 1.29 is 0 Å². The van der Waals surface area contributed by atoms with E-state index in [-0.39, 0.29) is 12.1 Å². The van der Waals surface area contributed by atoms with Crippen molar-refractivity contribution in [2.24, 2.45) is 0 Å². The second-order valence-electron chi connectivity index (χ2n) is 2.43. The van der Waals surface area contributed by atoms with Gasteiger partial charge in [0, 0.05) is 12.1 Å². The third-order valence-electron chi connectivity index (χ3n) is 1.33. The molecule has 0 aromatic rings. The average Bonchev–Trinajstić information content (AvgIpc) is 1.87. The predicted molar refractivity (Wildman–Crippen MR) is 54.9 cm³/mol. The molecule has 0 aliphatic rings. The second-order valence-corrected chi connectivity index (χ2v) is 3.10. The van der Waals surface area contributed by atoms with Gasteiger partial charge in [-0.15, -0.1) is 0 Å². The van der Waals surface area contributed by atoms with Gasteiger partial charge in [0.2, 0.25) is 0 Å². The van der Waals surface area contributed by atoms with E-state index >= 15 is 0 Å². The van der Waals surface area contributed by atoms with Crippen LogP contribution in [0.4, 0.5) is 0 Å². The maximum absolute atomic E-state index is 7.41. The summed E-state index contributed by atoms with van der Waals surface area (Å²) < 4.78 is 0. The standard InChI is InChI=1S/C7H12N2S2/c8-6(1-3-10)5-7(9)2-4-11/h3-4,6-9H,1-2,5H2. The Labute approximate surface area is 78.3 Å². The van der Waals surface area contributed by atoms with Crippen LogP contribution in [0.3, 0.4) is 0 Å². The van der Waals surface area contributed by atoms with Gasteiger partial charge in [-0.1, -0.05) is 24.4 Å². The molecule has 4 heteroatoms. The van der Waals surface area contributed by atoms with Crippen molar-refractivity contribution >= 4 is 35.2 Å². The molecule has 0 rings (SSSR count). The van der Waals surface area contributed by atoms with E-state index in [2.05, 4.69) is 24.4 Å². The Bertz CT molecular complexity index is 114. The fourth-order valence-electron chi connectivity index (χ4n) is 0.768. The normalized spacial score (nSPS) is 15.5.